The Balaban J connectivity index is 3.77. The minimum atomic E-state index is -0.386. The maximum atomic E-state index is 11.0. The Morgan fingerprint density at radius 3 is 2.36 bits per heavy atom. The maximum absolute atomic E-state index is 11.0. The number of thiocarbonyl (C=S) groups is 1. The number of carbonyl (C=O) groups excluding carboxylic acids is 1. The van der Waals surface area contributed by atoms with Crippen LogP contribution in [0.25, 0.3) is 0 Å². The van der Waals surface area contributed by atoms with Crippen LogP contribution >= 0.6 is 24.0 Å². The molecule has 0 amide bonds. The van der Waals surface area contributed by atoms with Crippen LogP contribution in [0.5, 0.6) is 0 Å². The van der Waals surface area contributed by atoms with Crippen LogP contribution in [0.2, 0.25) is 0 Å². The van der Waals surface area contributed by atoms with Crippen LogP contribution in [0, 0.1) is 0 Å². The highest BCUT2D eigenvalue weighted by Crippen LogP contribution is 2.15. The molecular weight excluding hydrogens is 224 g/mol. The Hall–Kier alpha value is -0.330. The van der Waals surface area contributed by atoms with Crippen molar-refractivity contribution in [3.05, 3.63) is 0 Å². The molecule has 0 aliphatic carbocycles. The predicted octanol–water partition coefficient (Wildman–Crippen LogP) is 1.92. The zero-order chi connectivity index (χ0) is 11.1. The second kappa shape index (κ2) is 7.03. The molecule has 0 saturated carbocycles. The van der Waals surface area contributed by atoms with E-state index in [2.05, 4.69) is 4.74 Å². The van der Waals surface area contributed by atoms with E-state index in [-0.39, 0.29) is 21.7 Å². The van der Waals surface area contributed by atoms with Crippen molar-refractivity contribution >= 4 is 34.3 Å². The molecule has 0 aromatic carbocycles. The molecule has 0 aromatic heterocycles. The van der Waals surface area contributed by atoms with Crippen molar-refractivity contribution in [3.63, 3.8) is 0 Å². The van der Waals surface area contributed by atoms with Crippen LogP contribution in [0.4, 0.5) is 0 Å². The highest BCUT2D eigenvalue weighted by atomic mass is 32.2. The van der Waals surface area contributed by atoms with Gasteiger partial charge in [-0.25, -0.2) is 0 Å². The number of thioether (sulfide) groups is 1. The summed E-state index contributed by atoms with van der Waals surface area (Å²) in [5.74, 6) is -0.342. The molecule has 4 nitrogen and oxygen atoms in total. The molecule has 0 aliphatic heterocycles. The van der Waals surface area contributed by atoms with Gasteiger partial charge in [0.25, 0.3) is 4.38 Å². The van der Waals surface area contributed by atoms with Gasteiger partial charge < -0.3 is 9.62 Å². The Bertz CT molecular complexity index is 206. The molecule has 0 rings (SSSR count). The van der Waals surface area contributed by atoms with Gasteiger partial charge in [0, 0.05) is 0 Å². The van der Waals surface area contributed by atoms with Crippen LogP contribution in [-0.2, 0) is 19.3 Å². The van der Waals surface area contributed by atoms with Crippen molar-refractivity contribution in [1.82, 2.24) is 0 Å². The van der Waals surface area contributed by atoms with E-state index in [9.17, 15) is 4.79 Å². The Kier molecular flexibility index (Phi) is 6.86. The van der Waals surface area contributed by atoms with Crippen LogP contribution in [0.3, 0.4) is 0 Å². The smallest absolute Gasteiger partial charge is 0.319 e. The average molecular weight is 238 g/mol. The zero-order valence-corrected chi connectivity index (χ0v) is 10.2. The van der Waals surface area contributed by atoms with Gasteiger partial charge in [-0.1, -0.05) is 11.8 Å². The highest BCUT2D eigenvalue weighted by molar-refractivity contribution is 8.23. The molecule has 14 heavy (non-hydrogen) atoms. The van der Waals surface area contributed by atoms with Crippen molar-refractivity contribution in [2.75, 3.05) is 7.11 Å². The molecule has 0 aromatic rings. The number of ether oxygens (including phenoxy) is 1. The molecule has 0 aliphatic rings. The number of esters is 1. The summed E-state index contributed by atoms with van der Waals surface area (Å²) >= 11 is 5.91. The molecule has 0 heterocycles. The monoisotopic (exact) mass is 238 g/mol. The Labute approximate surface area is 93.2 Å². The second-order valence-electron chi connectivity index (χ2n) is 2.76. The van der Waals surface area contributed by atoms with Crippen molar-refractivity contribution < 1.29 is 19.3 Å². The number of carbonyl (C=O) groups is 1. The van der Waals surface area contributed by atoms with E-state index < -0.39 is 0 Å². The van der Waals surface area contributed by atoms with Gasteiger partial charge in [-0.05, 0) is 33.0 Å². The van der Waals surface area contributed by atoms with Gasteiger partial charge in [0.15, 0.2) is 0 Å². The molecule has 6 heteroatoms. The van der Waals surface area contributed by atoms with Crippen molar-refractivity contribution in [2.24, 2.45) is 0 Å². The lowest BCUT2D eigenvalue weighted by Gasteiger charge is -2.10. The van der Waals surface area contributed by atoms with Crippen LogP contribution in [0.1, 0.15) is 20.8 Å². The first-order valence-electron chi connectivity index (χ1n) is 4.09. The summed E-state index contributed by atoms with van der Waals surface area (Å²) in [6.07, 6.45) is -0.0676. The van der Waals surface area contributed by atoms with Crippen molar-refractivity contribution in [2.45, 2.75) is 32.1 Å². The third-order valence-corrected chi connectivity index (χ3v) is 2.28. The fourth-order valence-corrected chi connectivity index (χ4v) is 1.55. The predicted molar refractivity (Wildman–Crippen MR) is 59.0 cm³/mol. The lowest BCUT2D eigenvalue weighted by atomic mass is 10.5. The summed E-state index contributed by atoms with van der Waals surface area (Å²) in [7, 11) is 1.33. The number of methoxy groups -OCH3 is 1. The SMILES string of the molecule is COC(=O)C(C)SC(=S)OOC(C)C. The third kappa shape index (κ3) is 6.17. The van der Waals surface area contributed by atoms with E-state index >= 15 is 0 Å². The van der Waals surface area contributed by atoms with Gasteiger partial charge >= 0.3 is 5.97 Å². The van der Waals surface area contributed by atoms with Crippen LogP contribution < -0.4 is 0 Å². The quantitative estimate of drug-likeness (QED) is 0.323. The summed E-state index contributed by atoms with van der Waals surface area (Å²) in [6.45, 7) is 5.32. The summed E-state index contributed by atoms with van der Waals surface area (Å²) in [6, 6.07) is 0. The molecule has 82 valence electrons. The van der Waals surface area contributed by atoms with E-state index in [1.807, 2.05) is 13.8 Å². The largest absolute Gasteiger partial charge is 0.468 e. The van der Waals surface area contributed by atoms with Crippen molar-refractivity contribution in [3.8, 4) is 0 Å². The van der Waals surface area contributed by atoms with Gasteiger partial charge in [-0.15, -0.1) is 0 Å². The van der Waals surface area contributed by atoms with Gasteiger partial charge in [-0.2, -0.15) is 4.89 Å². The van der Waals surface area contributed by atoms with E-state index in [1.54, 1.807) is 6.92 Å². The summed E-state index contributed by atoms with van der Waals surface area (Å²) in [5.41, 5.74) is 0. The molecular formula is C8H14O4S2. The molecule has 0 radical (unpaired) electrons. The summed E-state index contributed by atoms with van der Waals surface area (Å²) in [5, 5.41) is -0.386. The van der Waals surface area contributed by atoms with Gasteiger partial charge in [0.1, 0.15) is 5.25 Å². The average Bonchev–Trinajstić information content (AvgIpc) is 2.13. The third-order valence-electron chi connectivity index (χ3n) is 1.11. The Morgan fingerprint density at radius 1 is 1.36 bits per heavy atom. The van der Waals surface area contributed by atoms with Crippen molar-refractivity contribution in [1.29, 1.82) is 0 Å². The van der Waals surface area contributed by atoms with E-state index in [0.29, 0.717) is 0 Å². The van der Waals surface area contributed by atoms with Gasteiger partial charge in [0.05, 0.1) is 13.2 Å². The van der Waals surface area contributed by atoms with E-state index in [1.165, 1.54) is 7.11 Å². The first kappa shape index (κ1) is 13.7. The van der Waals surface area contributed by atoms with Gasteiger partial charge in [0.2, 0.25) is 0 Å². The Morgan fingerprint density at radius 2 is 1.93 bits per heavy atom. The second-order valence-corrected chi connectivity index (χ2v) is 4.70. The van der Waals surface area contributed by atoms with Crippen LogP contribution in [0.15, 0.2) is 0 Å². The number of hydrogen-bond acceptors (Lipinski definition) is 6. The molecule has 0 fully saturated rings. The number of hydrogen-bond donors (Lipinski definition) is 0. The zero-order valence-electron chi connectivity index (χ0n) is 8.60. The maximum Gasteiger partial charge on any atom is 0.319 e. The molecule has 0 spiro atoms. The molecule has 0 N–H and O–H groups in total. The topological polar surface area (TPSA) is 44.8 Å². The highest BCUT2D eigenvalue weighted by Gasteiger charge is 2.17. The fourth-order valence-electron chi connectivity index (χ4n) is 0.514. The van der Waals surface area contributed by atoms with E-state index in [4.69, 9.17) is 22.0 Å². The molecule has 1 unspecified atom stereocenters. The summed E-state index contributed by atoms with van der Waals surface area (Å²) in [4.78, 5) is 20.5. The van der Waals surface area contributed by atoms with Crippen LogP contribution in [-0.4, -0.2) is 28.8 Å². The minimum Gasteiger partial charge on any atom is -0.468 e. The molecule has 1 atom stereocenters. The van der Waals surface area contributed by atoms with E-state index in [0.717, 1.165) is 11.8 Å². The molecule has 0 bridgehead atoms. The standard InChI is InChI=1S/C8H14O4S2/c1-5(2)11-12-8(13)14-6(3)7(9)10-4/h5-6H,1-4H3. The normalized spacial score (nSPS) is 12.4. The minimum absolute atomic E-state index is 0.0676. The fraction of sp³-hybridized carbons (Fsp3) is 0.750. The summed E-state index contributed by atoms with van der Waals surface area (Å²) < 4.78 is 4.70. The molecule has 0 saturated heterocycles. The first-order valence-corrected chi connectivity index (χ1v) is 5.38. The lowest BCUT2D eigenvalue weighted by Crippen LogP contribution is -2.18. The van der Waals surface area contributed by atoms with Gasteiger partial charge in [-0.3, -0.25) is 4.79 Å². The number of rotatable bonds is 4. The first-order chi connectivity index (χ1) is 6.47. The lowest BCUT2D eigenvalue weighted by molar-refractivity contribution is -0.243.